The summed E-state index contributed by atoms with van der Waals surface area (Å²) in [5.74, 6) is 0.748. The number of likely N-dealkylation sites (N-methyl/N-ethyl adjacent to an activating group) is 1. The van der Waals surface area contributed by atoms with Crippen LogP contribution in [-0.2, 0) is 20.0 Å². The van der Waals surface area contributed by atoms with Gasteiger partial charge in [0.2, 0.25) is 0 Å². The topological polar surface area (TPSA) is 52.9 Å². The summed E-state index contributed by atoms with van der Waals surface area (Å²) < 4.78 is 34.8. The summed E-state index contributed by atoms with van der Waals surface area (Å²) in [6.45, 7) is 0.919. The molecule has 0 atom stereocenters. The lowest BCUT2D eigenvalue weighted by Gasteiger charge is -2.31. The van der Waals surface area contributed by atoms with Crippen LogP contribution in [-0.4, -0.2) is 49.2 Å². The van der Waals surface area contributed by atoms with Crippen molar-refractivity contribution in [3.63, 3.8) is 0 Å². The van der Waals surface area contributed by atoms with Gasteiger partial charge in [-0.2, -0.15) is 0 Å². The van der Waals surface area contributed by atoms with Gasteiger partial charge in [-0.1, -0.05) is 38.5 Å². The van der Waals surface area contributed by atoms with E-state index in [1.54, 1.807) is 7.11 Å². The van der Waals surface area contributed by atoms with Gasteiger partial charge in [-0.3, -0.25) is 13.4 Å². The van der Waals surface area contributed by atoms with E-state index >= 15 is 0 Å². The van der Waals surface area contributed by atoms with E-state index in [0.717, 1.165) is 86.5 Å². The second-order valence-electron chi connectivity index (χ2n) is 9.63. The normalized spacial score (nSPS) is 19.1. The molecule has 178 valence electrons. The molecule has 2 saturated carbocycles. The molecule has 2 aliphatic carbocycles. The molecule has 6 nitrogen and oxygen atoms in total. The van der Waals surface area contributed by atoms with Crippen LogP contribution in [0.15, 0.2) is 24.4 Å². The highest BCUT2D eigenvalue weighted by Crippen LogP contribution is 2.56. The molecule has 2 aliphatic rings. The molecule has 1 heterocycles. The minimum atomic E-state index is -3.56. The van der Waals surface area contributed by atoms with Crippen molar-refractivity contribution in [1.29, 1.82) is 0 Å². The van der Waals surface area contributed by atoms with Crippen LogP contribution >= 0.6 is 7.75 Å². The monoisotopic (exact) mass is 462 g/mol. The smallest absolute Gasteiger partial charge is 0.439 e. The lowest BCUT2D eigenvalue weighted by atomic mass is 9.98. The highest BCUT2D eigenvalue weighted by atomic mass is 31.2. The first kappa shape index (κ1) is 23.8. The molecule has 0 N–H and O–H groups in total. The molecule has 7 heteroatoms. The van der Waals surface area contributed by atoms with Gasteiger partial charge >= 0.3 is 7.75 Å². The Bertz CT molecular complexity index is 905. The van der Waals surface area contributed by atoms with Crippen LogP contribution in [0.2, 0.25) is 0 Å². The van der Waals surface area contributed by atoms with Crippen LogP contribution in [0.4, 0.5) is 0 Å². The zero-order chi connectivity index (χ0) is 22.6. The van der Waals surface area contributed by atoms with Gasteiger partial charge in [0.15, 0.2) is 0 Å². The molecule has 1 aromatic carbocycles. The molecular formula is C25H39N2O4P. The van der Waals surface area contributed by atoms with Crippen LogP contribution in [0.1, 0.15) is 69.8 Å². The minimum Gasteiger partial charge on any atom is -0.497 e. The first-order valence-electron chi connectivity index (χ1n) is 12.3. The number of hydrogen-bond donors (Lipinski definition) is 0. The second-order valence-corrected chi connectivity index (χ2v) is 11.4. The first-order valence-corrected chi connectivity index (χ1v) is 13.8. The quantitative estimate of drug-likeness (QED) is 0.403. The summed E-state index contributed by atoms with van der Waals surface area (Å²) in [7, 11) is 2.25. The molecule has 0 unspecified atom stereocenters. The molecule has 2 aromatic rings. The van der Waals surface area contributed by atoms with E-state index in [0.29, 0.717) is 0 Å². The summed E-state index contributed by atoms with van der Waals surface area (Å²) in [5.41, 5.74) is 2.03. The number of rotatable bonds is 9. The maximum atomic E-state index is 14.6. The van der Waals surface area contributed by atoms with Gasteiger partial charge in [0, 0.05) is 24.2 Å². The number of methoxy groups -OCH3 is 1. The SMILES string of the molecule is COc1ccc2c(CCN(C)C)cn(P(=O)(OC3CCCCC3)OC3CCCCC3)c2c1. The third-order valence-electron chi connectivity index (χ3n) is 6.84. The third-order valence-corrected chi connectivity index (χ3v) is 8.82. The Balaban J connectivity index is 1.75. The van der Waals surface area contributed by atoms with Crippen LogP contribution in [0.5, 0.6) is 5.75 Å². The predicted octanol–water partition coefficient (Wildman–Crippen LogP) is 6.41. The maximum Gasteiger partial charge on any atom is 0.439 e. The average molecular weight is 463 g/mol. The van der Waals surface area contributed by atoms with E-state index in [1.807, 2.05) is 22.7 Å². The van der Waals surface area contributed by atoms with Crippen molar-refractivity contribution < 1.29 is 18.3 Å². The molecule has 1 aromatic heterocycles. The lowest BCUT2D eigenvalue weighted by molar-refractivity contribution is 0.0752. The lowest BCUT2D eigenvalue weighted by Crippen LogP contribution is -2.22. The molecule has 2 fully saturated rings. The number of ether oxygens (including phenoxy) is 1. The minimum absolute atomic E-state index is 0.00791. The van der Waals surface area contributed by atoms with Gasteiger partial charge in [0.1, 0.15) is 5.75 Å². The summed E-state index contributed by atoms with van der Waals surface area (Å²) in [5, 5.41) is 1.09. The fraction of sp³-hybridized carbons (Fsp3) is 0.680. The van der Waals surface area contributed by atoms with Gasteiger partial charge in [-0.15, -0.1) is 0 Å². The van der Waals surface area contributed by atoms with Gasteiger partial charge < -0.3 is 9.64 Å². The Morgan fingerprint density at radius 2 is 1.56 bits per heavy atom. The first-order chi connectivity index (χ1) is 15.5. The summed E-state index contributed by atoms with van der Waals surface area (Å²) >= 11 is 0. The van der Waals surface area contributed by atoms with Crippen molar-refractivity contribution in [1.82, 2.24) is 9.24 Å². The Hall–Kier alpha value is -1.33. The number of nitrogens with zero attached hydrogens (tertiary/aromatic N) is 2. The van der Waals surface area contributed by atoms with E-state index < -0.39 is 7.75 Å². The van der Waals surface area contributed by atoms with Gasteiger partial charge in [-0.05, 0) is 63.9 Å². The average Bonchev–Trinajstić information content (AvgIpc) is 3.17. The number of hydrogen-bond acceptors (Lipinski definition) is 5. The Morgan fingerprint density at radius 3 is 2.09 bits per heavy atom. The molecule has 4 rings (SSSR count). The van der Waals surface area contributed by atoms with Crippen molar-refractivity contribution in [2.75, 3.05) is 27.7 Å². The maximum absolute atomic E-state index is 14.6. The van der Waals surface area contributed by atoms with E-state index in [-0.39, 0.29) is 12.2 Å². The van der Waals surface area contributed by atoms with Crippen LogP contribution in [0.3, 0.4) is 0 Å². The number of fused-ring (bicyclic) bond motifs is 1. The number of benzene rings is 1. The van der Waals surface area contributed by atoms with E-state index in [2.05, 4.69) is 25.1 Å². The zero-order valence-corrected chi connectivity index (χ0v) is 20.8. The van der Waals surface area contributed by atoms with Crippen molar-refractivity contribution in [2.45, 2.75) is 82.8 Å². The van der Waals surface area contributed by atoms with Crippen LogP contribution < -0.4 is 4.74 Å². The molecule has 0 bridgehead atoms. The third kappa shape index (κ3) is 5.59. The van der Waals surface area contributed by atoms with Crippen molar-refractivity contribution in [2.24, 2.45) is 0 Å². The number of aromatic nitrogens is 1. The molecule has 0 radical (unpaired) electrons. The standard InChI is InChI=1S/C25H39N2O4P/c1-26(2)17-16-20-19-27(25-18-23(29-3)14-15-24(20)25)32(28,30-21-10-6-4-7-11-21)31-22-12-8-5-9-13-22/h14-15,18-19,21-22H,4-13,16-17H2,1-3H3. The van der Waals surface area contributed by atoms with Gasteiger partial charge in [0.25, 0.3) is 0 Å². The molecule has 32 heavy (non-hydrogen) atoms. The molecule has 0 spiro atoms. The summed E-state index contributed by atoms with van der Waals surface area (Å²) in [4.78, 5) is 2.17. The van der Waals surface area contributed by atoms with E-state index in [1.165, 1.54) is 12.8 Å². The molecule has 0 saturated heterocycles. The van der Waals surface area contributed by atoms with E-state index in [4.69, 9.17) is 13.8 Å². The van der Waals surface area contributed by atoms with Gasteiger partial charge in [0.05, 0.1) is 24.8 Å². The molecule has 0 amide bonds. The summed E-state index contributed by atoms with van der Waals surface area (Å²) in [6.07, 6.45) is 13.6. The molecular weight excluding hydrogens is 423 g/mol. The van der Waals surface area contributed by atoms with Crippen molar-refractivity contribution >= 4 is 18.6 Å². The Morgan fingerprint density at radius 1 is 0.969 bits per heavy atom. The fourth-order valence-corrected chi connectivity index (χ4v) is 7.11. The fourth-order valence-electron chi connectivity index (χ4n) is 4.98. The molecule has 0 aliphatic heterocycles. The Labute approximate surface area is 192 Å². The Kier molecular flexibility index (Phi) is 7.99. The van der Waals surface area contributed by atoms with Crippen LogP contribution in [0, 0.1) is 0 Å². The highest BCUT2D eigenvalue weighted by Gasteiger charge is 2.37. The van der Waals surface area contributed by atoms with Crippen LogP contribution in [0.25, 0.3) is 10.9 Å². The largest absolute Gasteiger partial charge is 0.497 e. The van der Waals surface area contributed by atoms with Crippen molar-refractivity contribution in [3.05, 3.63) is 30.0 Å². The predicted molar refractivity (Wildman–Crippen MR) is 130 cm³/mol. The zero-order valence-electron chi connectivity index (χ0n) is 19.9. The van der Waals surface area contributed by atoms with E-state index in [9.17, 15) is 4.57 Å². The second kappa shape index (κ2) is 10.7. The highest BCUT2D eigenvalue weighted by molar-refractivity contribution is 7.52. The van der Waals surface area contributed by atoms with Crippen molar-refractivity contribution in [3.8, 4) is 5.75 Å². The summed E-state index contributed by atoms with van der Waals surface area (Å²) in [6, 6.07) is 6.01. The van der Waals surface area contributed by atoms with Gasteiger partial charge in [-0.25, -0.2) is 4.57 Å².